The highest BCUT2D eigenvalue weighted by Gasteiger charge is 2.30. The number of benzene rings is 2. The molecule has 0 aromatic heterocycles. The molecule has 0 saturated carbocycles. The van der Waals surface area contributed by atoms with Crippen LogP contribution in [0.1, 0.15) is 28.8 Å². The summed E-state index contributed by atoms with van der Waals surface area (Å²) in [6, 6.07) is 14.8. The van der Waals surface area contributed by atoms with Crippen molar-refractivity contribution in [1.82, 2.24) is 4.90 Å². The minimum atomic E-state index is -0.554. The number of rotatable bonds is 4. The molecule has 0 bridgehead atoms. The zero-order valence-corrected chi connectivity index (χ0v) is 15.1. The summed E-state index contributed by atoms with van der Waals surface area (Å²) in [5, 5.41) is 2.87. The Kier molecular flexibility index (Phi) is 4.81. The van der Waals surface area contributed by atoms with E-state index >= 15 is 0 Å². The van der Waals surface area contributed by atoms with Gasteiger partial charge in [-0.1, -0.05) is 24.3 Å². The topological polar surface area (TPSA) is 84.7 Å². The van der Waals surface area contributed by atoms with E-state index in [1.165, 1.54) is 0 Å². The molecule has 2 aliphatic rings. The summed E-state index contributed by atoms with van der Waals surface area (Å²) in [6.45, 7) is 1.20. The van der Waals surface area contributed by atoms with E-state index in [1.54, 1.807) is 24.3 Å². The van der Waals surface area contributed by atoms with Crippen LogP contribution in [0.15, 0.2) is 48.5 Å². The first-order valence-electron chi connectivity index (χ1n) is 9.32. The Hall–Kier alpha value is -2.86. The van der Waals surface area contributed by atoms with Crippen molar-refractivity contribution in [1.29, 1.82) is 0 Å². The molecule has 0 spiro atoms. The molecule has 0 aliphatic carbocycles. The molecule has 2 unspecified atom stereocenters. The molecular formula is C21H23N3O3. The average molecular weight is 365 g/mol. The molecule has 6 nitrogen and oxygen atoms in total. The first-order valence-corrected chi connectivity index (χ1v) is 9.32. The van der Waals surface area contributed by atoms with Crippen LogP contribution in [-0.2, 0) is 11.2 Å². The monoisotopic (exact) mass is 365 g/mol. The lowest BCUT2D eigenvalue weighted by molar-refractivity contribution is -0.122. The number of nitrogens with one attached hydrogen (secondary N) is 1. The highest BCUT2D eigenvalue weighted by Crippen LogP contribution is 2.29. The minimum Gasteiger partial charge on any atom is -0.480 e. The second-order valence-electron chi connectivity index (χ2n) is 7.02. The molecular weight excluding hydrogens is 342 g/mol. The molecule has 3 N–H and O–H groups in total. The van der Waals surface area contributed by atoms with Gasteiger partial charge in [0, 0.05) is 36.8 Å². The first kappa shape index (κ1) is 17.5. The van der Waals surface area contributed by atoms with Crippen LogP contribution in [0, 0.1) is 0 Å². The van der Waals surface area contributed by atoms with Gasteiger partial charge in [0.25, 0.3) is 11.8 Å². The maximum Gasteiger partial charge on any atom is 0.265 e. The number of nitrogens with two attached hydrogens (primary N) is 1. The molecule has 2 amide bonds. The number of carbonyl (C=O) groups excluding carboxylic acids is 2. The molecule has 27 heavy (non-hydrogen) atoms. The Labute approximate surface area is 158 Å². The van der Waals surface area contributed by atoms with Crippen molar-refractivity contribution in [2.24, 2.45) is 5.73 Å². The first-order chi connectivity index (χ1) is 13.2. The predicted molar refractivity (Wildman–Crippen MR) is 103 cm³/mol. The lowest BCUT2D eigenvalue weighted by Crippen LogP contribution is -2.39. The van der Waals surface area contributed by atoms with E-state index in [0.29, 0.717) is 24.2 Å². The van der Waals surface area contributed by atoms with Crippen molar-refractivity contribution in [2.45, 2.75) is 31.4 Å². The molecule has 140 valence electrons. The van der Waals surface area contributed by atoms with Gasteiger partial charge in [0.05, 0.1) is 0 Å². The maximum atomic E-state index is 12.8. The lowest BCUT2D eigenvalue weighted by atomic mass is 10.1. The van der Waals surface area contributed by atoms with Crippen molar-refractivity contribution in [3.8, 4) is 5.75 Å². The van der Waals surface area contributed by atoms with Crippen molar-refractivity contribution in [3.05, 3.63) is 59.7 Å². The molecule has 2 heterocycles. The molecule has 4 rings (SSSR count). The van der Waals surface area contributed by atoms with Gasteiger partial charge in [-0.3, -0.25) is 9.59 Å². The third kappa shape index (κ3) is 3.53. The second-order valence-corrected chi connectivity index (χ2v) is 7.02. The van der Waals surface area contributed by atoms with E-state index in [-0.39, 0.29) is 17.9 Å². The summed E-state index contributed by atoms with van der Waals surface area (Å²) in [4.78, 5) is 27.2. The number of likely N-dealkylation sites (tertiary alicyclic amines) is 1. The normalized spacial score (nSPS) is 20.9. The smallest absolute Gasteiger partial charge is 0.265 e. The van der Waals surface area contributed by atoms with Crippen LogP contribution >= 0.6 is 0 Å². The molecule has 2 aromatic rings. The van der Waals surface area contributed by atoms with Gasteiger partial charge in [0.2, 0.25) is 0 Å². The van der Waals surface area contributed by atoms with Crippen LogP contribution in [0.25, 0.3) is 0 Å². The van der Waals surface area contributed by atoms with E-state index in [0.717, 1.165) is 30.7 Å². The van der Waals surface area contributed by atoms with Crippen LogP contribution in [0.5, 0.6) is 5.75 Å². The lowest BCUT2D eigenvalue weighted by Gasteiger charge is -2.23. The number of amides is 2. The second kappa shape index (κ2) is 7.40. The van der Waals surface area contributed by atoms with Gasteiger partial charge in [0.1, 0.15) is 5.75 Å². The van der Waals surface area contributed by atoms with Crippen LogP contribution < -0.4 is 15.8 Å². The van der Waals surface area contributed by atoms with E-state index in [9.17, 15) is 9.59 Å². The fraction of sp³-hybridized carbons (Fsp3) is 0.333. The van der Waals surface area contributed by atoms with Crippen LogP contribution in [-0.4, -0.2) is 41.9 Å². The summed E-state index contributed by atoms with van der Waals surface area (Å²) in [6.07, 6.45) is 1.91. The average Bonchev–Trinajstić information content (AvgIpc) is 3.34. The van der Waals surface area contributed by atoms with Crippen molar-refractivity contribution in [3.63, 3.8) is 0 Å². The van der Waals surface area contributed by atoms with Gasteiger partial charge in [-0.15, -0.1) is 0 Å². The molecule has 2 atom stereocenters. The number of para-hydroxylation sites is 1. The van der Waals surface area contributed by atoms with E-state index in [2.05, 4.69) is 5.32 Å². The quantitative estimate of drug-likeness (QED) is 0.870. The molecule has 0 radical (unpaired) electrons. The van der Waals surface area contributed by atoms with Crippen LogP contribution in [0.3, 0.4) is 0 Å². The number of nitrogens with zero attached hydrogens (tertiary/aromatic N) is 1. The van der Waals surface area contributed by atoms with Gasteiger partial charge in [0.15, 0.2) is 6.10 Å². The van der Waals surface area contributed by atoms with Gasteiger partial charge in [-0.2, -0.15) is 0 Å². The van der Waals surface area contributed by atoms with Crippen molar-refractivity contribution in [2.75, 3.05) is 18.4 Å². The summed E-state index contributed by atoms with van der Waals surface area (Å²) < 4.78 is 5.73. The zero-order chi connectivity index (χ0) is 18.8. The van der Waals surface area contributed by atoms with E-state index in [4.69, 9.17) is 10.5 Å². The Bertz CT molecular complexity index is 842. The van der Waals surface area contributed by atoms with Crippen molar-refractivity contribution >= 4 is 17.5 Å². The Balaban J connectivity index is 1.44. The molecule has 2 aromatic carbocycles. The Morgan fingerprint density at radius 3 is 2.85 bits per heavy atom. The third-order valence-electron chi connectivity index (χ3n) is 5.23. The number of hydrogen-bond acceptors (Lipinski definition) is 4. The van der Waals surface area contributed by atoms with Crippen molar-refractivity contribution < 1.29 is 14.3 Å². The summed E-state index contributed by atoms with van der Waals surface area (Å²) in [5.41, 5.74) is 7.96. The largest absolute Gasteiger partial charge is 0.480 e. The standard InChI is InChI=1S/C21H23N3O3/c22-13-17-8-4-10-24(17)21(26)15-6-3-7-16(11-15)23-20(25)19-12-14-5-1-2-9-18(14)27-19/h1-3,5-7,9,11,17,19H,4,8,10,12-13,22H2,(H,23,25). The molecule has 1 saturated heterocycles. The molecule has 6 heteroatoms. The number of carbonyl (C=O) groups is 2. The van der Waals surface area contributed by atoms with E-state index in [1.807, 2.05) is 29.2 Å². The minimum absolute atomic E-state index is 0.0384. The third-order valence-corrected chi connectivity index (χ3v) is 5.23. The number of ether oxygens (including phenoxy) is 1. The van der Waals surface area contributed by atoms with E-state index < -0.39 is 6.10 Å². The highest BCUT2D eigenvalue weighted by molar-refractivity contribution is 5.98. The molecule has 2 aliphatic heterocycles. The predicted octanol–water partition coefficient (Wildman–Crippen LogP) is 2.19. The summed E-state index contributed by atoms with van der Waals surface area (Å²) in [5.74, 6) is 0.504. The van der Waals surface area contributed by atoms with Crippen LogP contribution in [0.2, 0.25) is 0 Å². The zero-order valence-electron chi connectivity index (χ0n) is 15.1. The van der Waals surface area contributed by atoms with Gasteiger partial charge in [-0.25, -0.2) is 0 Å². The summed E-state index contributed by atoms with van der Waals surface area (Å²) >= 11 is 0. The molecule has 1 fully saturated rings. The van der Waals surface area contributed by atoms with Gasteiger partial charge in [-0.05, 0) is 42.7 Å². The number of anilines is 1. The van der Waals surface area contributed by atoms with Gasteiger partial charge < -0.3 is 20.7 Å². The Morgan fingerprint density at radius 1 is 1.19 bits per heavy atom. The maximum absolute atomic E-state index is 12.8. The Morgan fingerprint density at radius 2 is 2.04 bits per heavy atom. The van der Waals surface area contributed by atoms with Crippen LogP contribution in [0.4, 0.5) is 5.69 Å². The highest BCUT2D eigenvalue weighted by atomic mass is 16.5. The number of fused-ring (bicyclic) bond motifs is 1. The fourth-order valence-corrected chi connectivity index (χ4v) is 3.80. The number of hydrogen-bond donors (Lipinski definition) is 2. The summed E-state index contributed by atoms with van der Waals surface area (Å²) in [7, 11) is 0. The van der Waals surface area contributed by atoms with Gasteiger partial charge >= 0.3 is 0 Å². The fourth-order valence-electron chi connectivity index (χ4n) is 3.80. The SMILES string of the molecule is NCC1CCCN1C(=O)c1cccc(NC(=O)C2Cc3ccccc3O2)c1.